The van der Waals surface area contributed by atoms with Crippen LogP contribution in [-0.4, -0.2) is 4.40 Å². The SMILES string of the molecule is CC(C)(C)c1ccc(N(c2ccccc2)c2cccc3c2c2cccc4c5c(N(c6ccccc6)c6ccc(C(C)(C)C)cc6)cccc5n3c24)cc1. The molecule has 0 aliphatic heterocycles. The number of para-hydroxylation sites is 3. The van der Waals surface area contributed by atoms with Gasteiger partial charge in [0.15, 0.2) is 0 Å². The lowest BCUT2D eigenvalue weighted by Crippen LogP contribution is -2.13. The van der Waals surface area contributed by atoms with E-state index in [2.05, 4.69) is 220 Å². The molecule has 0 amide bonds. The molecule has 2 heterocycles. The van der Waals surface area contributed by atoms with Gasteiger partial charge in [-0.25, -0.2) is 0 Å². The summed E-state index contributed by atoms with van der Waals surface area (Å²) in [4.78, 5) is 4.84. The van der Waals surface area contributed by atoms with E-state index >= 15 is 0 Å². The Morgan fingerprint density at radius 3 is 1.09 bits per heavy atom. The second kappa shape index (κ2) is 12.3. The highest BCUT2D eigenvalue weighted by molar-refractivity contribution is 6.28. The predicted molar refractivity (Wildman–Crippen MR) is 228 cm³/mol. The van der Waals surface area contributed by atoms with E-state index in [9.17, 15) is 0 Å². The van der Waals surface area contributed by atoms with Crippen molar-refractivity contribution >= 4 is 72.2 Å². The van der Waals surface area contributed by atoms with Crippen LogP contribution in [0.5, 0.6) is 0 Å². The minimum atomic E-state index is 0.0785. The van der Waals surface area contributed by atoms with Gasteiger partial charge >= 0.3 is 0 Å². The zero-order chi connectivity index (χ0) is 36.5. The molecule has 0 bridgehead atoms. The first-order chi connectivity index (χ1) is 25.6. The average molecular weight is 688 g/mol. The van der Waals surface area contributed by atoms with Crippen molar-refractivity contribution in [3.63, 3.8) is 0 Å². The Balaban J connectivity index is 1.30. The highest BCUT2D eigenvalue weighted by atomic mass is 15.2. The number of anilines is 6. The van der Waals surface area contributed by atoms with Gasteiger partial charge in [0.1, 0.15) is 0 Å². The first-order valence-electron chi connectivity index (χ1n) is 18.7. The van der Waals surface area contributed by atoms with E-state index in [0.717, 1.165) is 22.7 Å². The van der Waals surface area contributed by atoms with Crippen molar-refractivity contribution in [1.29, 1.82) is 0 Å². The van der Waals surface area contributed by atoms with Crippen LogP contribution in [0, 0.1) is 0 Å². The second-order valence-corrected chi connectivity index (χ2v) is 16.3. The zero-order valence-corrected chi connectivity index (χ0v) is 31.4. The number of benzene rings is 7. The van der Waals surface area contributed by atoms with Crippen molar-refractivity contribution in [3.8, 4) is 0 Å². The quantitative estimate of drug-likeness (QED) is 0.172. The maximum atomic E-state index is 2.50. The highest BCUT2D eigenvalue weighted by Gasteiger charge is 2.26. The van der Waals surface area contributed by atoms with E-state index < -0.39 is 0 Å². The topological polar surface area (TPSA) is 10.9 Å². The summed E-state index contributed by atoms with van der Waals surface area (Å²) in [6, 6.07) is 60.2. The molecular formula is C50H45N3. The molecule has 0 spiro atoms. The third-order valence-electron chi connectivity index (χ3n) is 10.8. The molecule has 3 heteroatoms. The summed E-state index contributed by atoms with van der Waals surface area (Å²) < 4.78 is 2.50. The van der Waals surface area contributed by atoms with Crippen LogP contribution in [0.2, 0.25) is 0 Å². The Labute approximate surface area is 312 Å². The fraction of sp³-hybridized carbons (Fsp3) is 0.160. The van der Waals surface area contributed by atoms with E-state index in [-0.39, 0.29) is 10.8 Å². The summed E-state index contributed by atoms with van der Waals surface area (Å²) in [5.41, 5.74) is 13.4. The monoisotopic (exact) mass is 687 g/mol. The van der Waals surface area contributed by atoms with Crippen LogP contribution in [0.25, 0.3) is 38.1 Å². The van der Waals surface area contributed by atoms with Gasteiger partial charge in [0.25, 0.3) is 0 Å². The summed E-state index contributed by atoms with van der Waals surface area (Å²) in [5.74, 6) is 0. The smallest absolute Gasteiger partial charge is 0.0622 e. The molecule has 0 radical (unpaired) electrons. The molecule has 2 aromatic heterocycles. The molecule has 0 unspecified atom stereocenters. The molecular weight excluding hydrogens is 643 g/mol. The number of hydrogen-bond donors (Lipinski definition) is 0. The molecule has 7 aromatic carbocycles. The predicted octanol–water partition coefficient (Wildman–Crippen LogP) is 14.4. The molecule has 3 nitrogen and oxygen atoms in total. The van der Waals surface area contributed by atoms with E-state index in [4.69, 9.17) is 0 Å². The van der Waals surface area contributed by atoms with Crippen LogP contribution in [-0.2, 0) is 10.8 Å². The maximum absolute atomic E-state index is 2.50. The summed E-state index contributed by atoms with van der Waals surface area (Å²) >= 11 is 0. The molecule has 53 heavy (non-hydrogen) atoms. The lowest BCUT2D eigenvalue weighted by atomic mass is 9.87. The Morgan fingerprint density at radius 1 is 0.358 bits per heavy atom. The molecule has 0 atom stereocenters. The van der Waals surface area contributed by atoms with Crippen LogP contribution in [0.1, 0.15) is 52.7 Å². The van der Waals surface area contributed by atoms with Crippen LogP contribution >= 0.6 is 0 Å². The molecule has 9 rings (SSSR count). The van der Waals surface area contributed by atoms with Crippen molar-refractivity contribution in [2.24, 2.45) is 0 Å². The molecule has 0 aliphatic carbocycles. The van der Waals surface area contributed by atoms with Crippen LogP contribution in [0.4, 0.5) is 34.1 Å². The Bertz CT molecular complexity index is 2520. The lowest BCUT2D eigenvalue weighted by molar-refractivity contribution is 0.590. The third kappa shape index (κ3) is 5.42. The van der Waals surface area contributed by atoms with Crippen molar-refractivity contribution in [1.82, 2.24) is 4.40 Å². The number of hydrogen-bond acceptors (Lipinski definition) is 2. The van der Waals surface area contributed by atoms with E-state index in [1.807, 2.05) is 0 Å². The summed E-state index contributed by atoms with van der Waals surface area (Å²) in [5, 5.41) is 5.01. The number of nitrogens with zero attached hydrogens (tertiary/aromatic N) is 3. The fourth-order valence-corrected chi connectivity index (χ4v) is 8.14. The van der Waals surface area contributed by atoms with E-state index in [0.29, 0.717) is 0 Å². The maximum Gasteiger partial charge on any atom is 0.0622 e. The molecule has 0 N–H and O–H groups in total. The van der Waals surface area contributed by atoms with Gasteiger partial charge in [-0.15, -0.1) is 0 Å². The normalized spacial score (nSPS) is 12.3. The van der Waals surface area contributed by atoms with Gasteiger partial charge in [0.05, 0.1) is 27.9 Å². The summed E-state index contributed by atoms with van der Waals surface area (Å²) in [6.07, 6.45) is 0. The Morgan fingerprint density at radius 2 is 0.717 bits per heavy atom. The molecule has 0 saturated heterocycles. The third-order valence-corrected chi connectivity index (χ3v) is 10.8. The average Bonchev–Trinajstić information content (AvgIpc) is 3.69. The zero-order valence-electron chi connectivity index (χ0n) is 31.4. The van der Waals surface area contributed by atoms with Crippen molar-refractivity contribution < 1.29 is 0 Å². The second-order valence-electron chi connectivity index (χ2n) is 16.3. The van der Waals surface area contributed by atoms with Gasteiger partial charge in [0.2, 0.25) is 0 Å². The molecule has 0 fully saturated rings. The van der Waals surface area contributed by atoms with Gasteiger partial charge in [-0.2, -0.15) is 0 Å². The summed E-state index contributed by atoms with van der Waals surface area (Å²) in [7, 11) is 0. The van der Waals surface area contributed by atoms with Crippen molar-refractivity contribution in [2.75, 3.05) is 9.80 Å². The molecule has 0 aliphatic rings. The van der Waals surface area contributed by atoms with Crippen LogP contribution in [0.3, 0.4) is 0 Å². The largest absolute Gasteiger partial charge is 0.310 e. The fourth-order valence-electron chi connectivity index (χ4n) is 8.14. The molecule has 9 aromatic rings. The van der Waals surface area contributed by atoms with Crippen LogP contribution in [0.15, 0.2) is 164 Å². The van der Waals surface area contributed by atoms with E-state index in [1.54, 1.807) is 0 Å². The van der Waals surface area contributed by atoms with Crippen molar-refractivity contribution in [3.05, 3.63) is 175 Å². The molecule has 260 valence electrons. The first-order valence-corrected chi connectivity index (χ1v) is 18.7. The van der Waals surface area contributed by atoms with Gasteiger partial charge in [-0.05, 0) is 94.8 Å². The van der Waals surface area contributed by atoms with E-state index in [1.165, 1.54) is 60.6 Å². The highest BCUT2D eigenvalue weighted by Crippen LogP contribution is 2.49. The Kier molecular flexibility index (Phi) is 7.60. The number of fused-ring (bicyclic) bond motifs is 6. The van der Waals surface area contributed by atoms with Gasteiger partial charge < -0.3 is 14.2 Å². The van der Waals surface area contributed by atoms with Crippen molar-refractivity contribution in [2.45, 2.75) is 52.4 Å². The summed E-state index contributed by atoms with van der Waals surface area (Å²) in [6.45, 7) is 13.6. The standard InChI is InChI=1S/C50H45N3/c1-49(2,3)34-26-30-38(31-27-34)51(36-16-9-7-10-17-36)42-22-14-24-44-46(42)40-20-13-21-41-47-43(23-15-25-45(47)53(44)48(40)41)52(37-18-11-8-12-19-37)39-32-28-35(29-33-39)50(4,5)6/h7-33H,1-6H3. The van der Waals surface area contributed by atoms with Gasteiger partial charge in [-0.3, -0.25) is 0 Å². The molecule has 0 saturated carbocycles. The number of aromatic nitrogens is 1. The van der Waals surface area contributed by atoms with Crippen LogP contribution < -0.4 is 9.80 Å². The first kappa shape index (κ1) is 32.8. The minimum absolute atomic E-state index is 0.0785. The minimum Gasteiger partial charge on any atom is -0.310 e. The number of rotatable bonds is 6. The van der Waals surface area contributed by atoms with Gasteiger partial charge in [-0.1, -0.05) is 133 Å². The Hall–Kier alpha value is -6.06. The lowest BCUT2D eigenvalue weighted by Gasteiger charge is -2.28. The van der Waals surface area contributed by atoms with Gasteiger partial charge in [0, 0.05) is 44.3 Å².